The SMILES string of the molecule is CCCOc1c(C=C2C(=O)N(c3cccc(C(=O)O)c3)N=C2C)cc(Cl)cc1OC. The quantitative estimate of drug-likeness (QED) is 0.649. The number of amides is 1. The third-order valence-electron chi connectivity index (χ3n) is 4.42. The van der Waals surface area contributed by atoms with Gasteiger partial charge in [-0.25, -0.2) is 4.79 Å². The number of halogens is 1. The second kappa shape index (κ2) is 9.00. The molecule has 30 heavy (non-hydrogen) atoms. The van der Waals surface area contributed by atoms with Gasteiger partial charge in [0.05, 0.1) is 36.3 Å². The van der Waals surface area contributed by atoms with E-state index in [0.717, 1.165) is 6.42 Å². The van der Waals surface area contributed by atoms with Gasteiger partial charge in [-0.3, -0.25) is 4.79 Å². The molecular weight excluding hydrogens is 408 g/mol. The topological polar surface area (TPSA) is 88.4 Å². The average molecular weight is 429 g/mol. The lowest BCUT2D eigenvalue weighted by molar-refractivity contribution is -0.114. The summed E-state index contributed by atoms with van der Waals surface area (Å²) in [7, 11) is 1.52. The molecule has 0 aliphatic carbocycles. The van der Waals surface area contributed by atoms with E-state index in [-0.39, 0.29) is 11.5 Å². The van der Waals surface area contributed by atoms with Gasteiger partial charge in [-0.1, -0.05) is 24.6 Å². The van der Waals surface area contributed by atoms with Crippen LogP contribution in [0.25, 0.3) is 6.08 Å². The van der Waals surface area contributed by atoms with E-state index >= 15 is 0 Å². The Morgan fingerprint density at radius 3 is 2.73 bits per heavy atom. The van der Waals surface area contributed by atoms with Crippen LogP contribution in [0.2, 0.25) is 5.02 Å². The van der Waals surface area contributed by atoms with Crippen molar-refractivity contribution in [2.75, 3.05) is 18.7 Å². The molecule has 7 nitrogen and oxygen atoms in total. The first-order valence-corrected chi connectivity index (χ1v) is 9.69. The van der Waals surface area contributed by atoms with Gasteiger partial charge in [0.1, 0.15) is 0 Å². The summed E-state index contributed by atoms with van der Waals surface area (Å²) >= 11 is 6.22. The molecule has 0 saturated heterocycles. The molecule has 2 aromatic rings. The summed E-state index contributed by atoms with van der Waals surface area (Å²) in [5, 5.41) is 15.1. The Hall–Kier alpha value is -3.32. The number of ether oxygens (including phenoxy) is 2. The fourth-order valence-corrected chi connectivity index (χ4v) is 3.21. The van der Waals surface area contributed by atoms with Crippen LogP contribution in [-0.2, 0) is 4.79 Å². The van der Waals surface area contributed by atoms with Crippen molar-refractivity contribution in [1.82, 2.24) is 0 Å². The van der Waals surface area contributed by atoms with E-state index in [1.807, 2.05) is 6.92 Å². The molecule has 0 bridgehead atoms. The van der Waals surface area contributed by atoms with E-state index in [1.165, 1.54) is 24.3 Å². The zero-order chi connectivity index (χ0) is 21.8. The van der Waals surface area contributed by atoms with Gasteiger partial charge in [-0.15, -0.1) is 0 Å². The summed E-state index contributed by atoms with van der Waals surface area (Å²) < 4.78 is 11.2. The number of rotatable bonds is 7. The average Bonchev–Trinajstić information content (AvgIpc) is 3.01. The molecule has 1 aliphatic heterocycles. The monoisotopic (exact) mass is 428 g/mol. The van der Waals surface area contributed by atoms with Crippen LogP contribution in [0.3, 0.4) is 0 Å². The van der Waals surface area contributed by atoms with Gasteiger partial charge >= 0.3 is 5.97 Å². The number of carboxylic acids is 1. The van der Waals surface area contributed by atoms with E-state index in [1.54, 1.807) is 37.3 Å². The minimum Gasteiger partial charge on any atom is -0.493 e. The Morgan fingerprint density at radius 2 is 2.07 bits per heavy atom. The van der Waals surface area contributed by atoms with Gasteiger partial charge in [0.15, 0.2) is 11.5 Å². The lowest BCUT2D eigenvalue weighted by atomic mass is 10.1. The van der Waals surface area contributed by atoms with Gasteiger partial charge in [0.25, 0.3) is 5.91 Å². The highest BCUT2D eigenvalue weighted by Gasteiger charge is 2.29. The first kappa shape index (κ1) is 21.4. The molecule has 0 aromatic heterocycles. The number of hydrogen-bond acceptors (Lipinski definition) is 5. The molecular formula is C22H21ClN2O5. The molecule has 1 heterocycles. The Kier molecular flexibility index (Phi) is 6.42. The second-order valence-corrected chi connectivity index (χ2v) is 7.03. The minimum atomic E-state index is -1.08. The number of carbonyl (C=O) groups is 2. The third-order valence-corrected chi connectivity index (χ3v) is 4.64. The Morgan fingerprint density at radius 1 is 1.30 bits per heavy atom. The van der Waals surface area contributed by atoms with Crippen LogP contribution in [0.15, 0.2) is 47.1 Å². The van der Waals surface area contributed by atoms with Crippen molar-refractivity contribution >= 4 is 41.0 Å². The van der Waals surface area contributed by atoms with Gasteiger partial charge in [-0.2, -0.15) is 10.1 Å². The van der Waals surface area contributed by atoms with Crippen LogP contribution in [0.1, 0.15) is 36.2 Å². The zero-order valence-corrected chi connectivity index (χ0v) is 17.6. The van der Waals surface area contributed by atoms with Crippen molar-refractivity contribution in [2.24, 2.45) is 5.10 Å². The number of anilines is 1. The van der Waals surface area contributed by atoms with E-state index < -0.39 is 5.97 Å². The largest absolute Gasteiger partial charge is 0.493 e. The molecule has 2 aromatic carbocycles. The maximum absolute atomic E-state index is 13.1. The summed E-state index contributed by atoms with van der Waals surface area (Å²) in [6.07, 6.45) is 2.45. The van der Waals surface area contributed by atoms with Gasteiger partial charge in [-0.05, 0) is 43.7 Å². The normalized spacial score (nSPS) is 14.8. The third kappa shape index (κ3) is 4.31. The van der Waals surface area contributed by atoms with E-state index in [9.17, 15) is 14.7 Å². The first-order chi connectivity index (χ1) is 14.3. The summed E-state index contributed by atoms with van der Waals surface area (Å²) in [6, 6.07) is 9.39. The molecule has 1 amide bonds. The van der Waals surface area contributed by atoms with Crippen molar-refractivity contribution in [3.8, 4) is 11.5 Å². The predicted octanol–water partition coefficient (Wildman–Crippen LogP) is 4.64. The number of hydrogen-bond donors (Lipinski definition) is 1. The van der Waals surface area contributed by atoms with Crippen LogP contribution in [0.4, 0.5) is 5.69 Å². The van der Waals surface area contributed by atoms with Gasteiger partial charge < -0.3 is 14.6 Å². The highest BCUT2D eigenvalue weighted by atomic mass is 35.5. The van der Waals surface area contributed by atoms with Crippen LogP contribution >= 0.6 is 11.6 Å². The lowest BCUT2D eigenvalue weighted by Gasteiger charge is -2.14. The molecule has 0 atom stereocenters. The number of benzene rings is 2. The maximum Gasteiger partial charge on any atom is 0.335 e. The fourth-order valence-electron chi connectivity index (χ4n) is 2.99. The Labute approximate surface area is 179 Å². The van der Waals surface area contributed by atoms with Crippen molar-refractivity contribution < 1.29 is 24.2 Å². The second-order valence-electron chi connectivity index (χ2n) is 6.59. The molecule has 0 unspecified atom stereocenters. The number of aromatic carboxylic acids is 1. The predicted molar refractivity (Wildman–Crippen MR) is 116 cm³/mol. The number of hydrazone groups is 1. The van der Waals surface area contributed by atoms with Crippen LogP contribution in [0.5, 0.6) is 11.5 Å². The van der Waals surface area contributed by atoms with Crippen LogP contribution in [-0.4, -0.2) is 36.4 Å². The van der Waals surface area contributed by atoms with E-state index in [2.05, 4.69) is 5.10 Å². The number of carboxylic acid groups (broad SMARTS) is 1. The van der Waals surface area contributed by atoms with E-state index in [0.29, 0.717) is 45.7 Å². The summed E-state index contributed by atoms with van der Waals surface area (Å²) in [6.45, 7) is 4.17. The zero-order valence-electron chi connectivity index (χ0n) is 16.8. The van der Waals surface area contributed by atoms with Crippen molar-refractivity contribution in [3.63, 3.8) is 0 Å². The van der Waals surface area contributed by atoms with Crippen molar-refractivity contribution in [1.29, 1.82) is 0 Å². The Balaban J connectivity index is 2.02. The minimum absolute atomic E-state index is 0.0698. The van der Waals surface area contributed by atoms with E-state index in [4.69, 9.17) is 21.1 Å². The molecule has 0 fully saturated rings. The van der Waals surface area contributed by atoms with Crippen LogP contribution in [0, 0.1) is 0 Å². The standard InChI is InChI=1S/C22H21ClN2O5/c1-4-8-30-20-15(9-16(23)12-19(20)29-3)11-18-13(2)24-25(21(18)26)17-7-5-6-14(10-17)22(27)28/h5-7,9-12H,4,8H2,1-3H3,(H,27,28). The molecule has 1 aliphatic rings. The Bertz CT molecular complexity index is 1060. The molecule has 3 rings (SSSR count). The maximum atomic E-state index is 13.1. The molecule has 156 valence electrons. The molecule has 1 N–H and O–H groups in total. The first-order valence-electron chi connectivity index (χ1n) is 9.31. The van der Waals surface area contributed by atoms with Crippen molar-refractivity contribution in [2.45, 2.75) is 20.3 Å². The smallest absolute Gasteiger partial charge is 0.335 e. The van der Waals surface area contributed by atoms with Crippen molar-refractivity contribution in [3.05, 3.63) is 58.1 Å². The lowest BCUT2D eigenvalue weighted by Crippen LogP contribution is -2.21. The number of methoxy groups -OCH3 is 1. The highest BCUT2D eigenvalue weighted by molar-refractivity contribution is 6.33. The molecule has 0 spiro atoms. The van der Waals surface area contributed by atoms with Gasteiger partial charge in [0, 0.05) is 16.7 Å². The molecule has 8 heteroatoms. The van der Waals surface area contributed by atoms with Gasteiger partial charge in [0.2, 0.25) is 0 Å². The number of nitrogens with zero attached hydrogens (tertiary/aromatic N) is 2. The number of carbonyl (C=O) groups excluding carboxylic acids is 1. The highest BCUT2D eigenvalue weighted by Crippen LogP contribution is 2.37. The summed E-state index contributed by atoms with van der Waals surface area (Å²) in [5.74, 6) is -0.504. The summed E-state index contributed by atoms with van der Waals surface area (Å²) in [4.78, 5) is 24.3. The molecule has 0 saturated carbocycles. The van der Waals surface area contributed by atoms with Crippen LogP contribution < -0.4 is 14.5 Å². The molecule has 0 radical (unpaired) electrons. The fraction of sp³-hybridized carbons (Fsp3) is 0.227. The summed E-state index contributed by atoms with van der Waals surface area (Å²) in [5.41, 5.74) is 1.86.